The zero-order chi connectivity index (χ0) is 9.03. The van der Waals surface area contributed by atoms with Gasteiger partial charge in [0.05, 0.1) is 0 Å². The van der Waals surface area contributed by atoms with Crippen molar-refractivity contribution in [3.8, 4) is 5.75 Å². The van der Waals surface area contributed by atoms with Crippen molar-refractivity contribution in [1.82, 2.24) is 0 Å². The smallest absolute Gasteiger partial charge is 0.273 e. The fourth-order valence-electron chi connectivity index (χ4n) is 0.762. The summed E-state index contributed by atoms with van der Waals surface area (Å²) in [6, 6.07) is 8.33. The Balaban J connectivity index is 2.64. The maximum atomic E-state index is 12.9. The lowest BCUT2D eigenvalue weighted by atomic mass is 10.3. The molecule has 1 rings (SSSR count). The van der Waals surface area contributed by atoms with Gasteiger partial charge >= 0.3 is 0 Å². The van der Waals surface area contributed by atoms with E-state index in [9.17, 15) is 8.78 Å². The van der Waals surface area contributed by atoms with Gasteiger partial charge in [0.25, 0.3) is 5.85 Å². The van der Waals surface area contributed by atoms with Crippen molar-refractivity contribution in [3.05, 3.63) is 30.3 Å². The molecule has 0 aromatic heterocycles. The highest BCUT2D eigenvalue weighted by molar-refractivity contribution is 5.21. The number of halogens is 2. The quantitative estimate of drug-likeness (QED) is 0.681. The van der Waals surface area contributed by atoms with Crippen molar-refractivity contribution in [1.29, 1.82) is 0 Å². The van der Waals surface area contributed by atoms with Crippen molar-refractivity contribution in [3.63, 3.8) is 0 Å². The Hall–Kier alpha value is -1.12. The molecule has 0 radical (unpaired) electrons. The van der Waals surface area contributed by atoms with Gasteiger partial charge in [0.2, 0.25) is 0 Å². The summed E-state index contributed by atoms with van der Waals surface area (Å²) in [4.78, 5) is 0. The fourth-order valence-corrected chi connectivity index (χ4v) is 0.762. The molecule has 0 amide bonds. The minimum atomic E-state index is -2.22. The Labute approximate surface area is 70.0 Å². The van der Waals surface area contributed by atoms with Crippen LogP contribution in [0.1, 0.15) is 6.92 Å². The van der Waals surface area contributed by atoms with Gasteiger partial charge in [-0.15, -0.1) is 0 Å². The van der Waals surface area contributed by atoms with Crippen molar-refractivity contribution in [2.24, 2.45) is 0 Å². The van der Waals surface area contributed by atoms with Crippen LogP contribution in [-0.4, -0.2) is 12.5 Å². The van der Waals surface area contributed by atoms with E-state index in [-0.39, 0.29) is 0 Å². The second-order valence-electron chi connectivity index (χ2n) is 2.65. The molecule has 0 saturated carbocycles. The average molecular weight is 172 g/mol. The van der Waals surface area contributed by atoms with Crippen LogP contribution in [0.5, 0.6) is 5.75 Å². The molecule has 0 fully saturated rings. The number of rotatable bonds is 3. The van der Waals surface area contributed by atoms with Crippen molar-refractivity contribution in [2.45, 2.75) is 12.8 Å². The summed E-state index contributed by atoms with van der Waals surface area (Å²) < 4.78 is 29.6. The monoisotopic (exact) mass is 172 g/mol. The summed E-state index contributed by atoms with van der Waals surface area (Å²) >= 11 is 0. The van der Waals surface area contributed by atoms with Crippen LogP contribution in [0.15, 0.2) is 30.3 Å². The first-order valence-electron chi connectivity index (χ1n) is 3.63. The zero-order valence-corrected chi connectivity index (χ0v) is 6.76. The molecule has 66 valence electrons. The number of hydrogen-bond donors (Lipinski definition) is 0. The lowest BCUT2D eigenvalue weighted by Crippen LogP contribution is -2.28. The molecule has 1 nitrogen and oxygen atoms in total. The maximum Gasteiger partial charge on any atom is 0.273 e. The lowest BCUT2D eigenvalue weighted by Gasteiger charge is -2.18. The topological polar surface area (TPSA) is 9.23 Å². The van der Waals surface area contributed by atoms with Gasteiger partial charge < -0.3 is 4.74 Å². The maximum absolute atomic E-state index is 12.9. The highest BCUT2D eigenvalue weighted by Crippen LogP contribution is 2.19. The highest BCUT2D eigenvalue weighted by Gasteiger charge is 2.24. The van der Waals surface area contributed by atoms with E-state index in [1.54, 1.807) is 30.3 Å². The summed E-state index contributed by atoms with van der Waals surface area (Å²) in [5.74, 6) is -1.89. The summed E-state index contributed by atoms with van der Waals surface area (Å²) in [6.45, 7) is -0.0953. The zero-order valence-electron chi connectivity index (χ0n) is 6.76. The van der Waals surface area contributed by atoms with Crippen LogP contribution in [0, 0.1) is 0 Å². The van der Waals surface area contributed by atoms with Crippen molar-refractivity contribution < 1.29 is 13.5 Å². The van der Waals surface area contributed by atoms with Gasteiger partial charge in [-0.25, -0.2) is 4.39 Å². The number of para-hydroxylation sites is 1. The standard InChI is InChI=1S/C9H10F2O/c1-9(11,7-10)12-8-5-3-2-4-6-8/h2-6H,7H2,1H3. The van der Waals surface area contributed by atoms with E-state index < -0.39 is 12.5 Å². The van der Waals surface area contributed by atoms with Crippen molar-refractivity contribution in [2.75, 3.05) is 6.67 Å². The summed E-state index contributed by atoms with van der Waals surface area (Å²) in [5, 5.41) is 0. The molecule has 1 aromatic carbocycles. The van der Waals surface area contributed by atoms with Gasteiger partial charge in [-0.2, -0.15) is 4.39 Å². The number of ether oxygens (including phenoxy) is 1. The molecular formula is C9H10F2O. The van der Waals surface area contributed by atoms with Gasteiger partial charge in [0, 0.05) is 6.92 Å². The van der Waals surface area contributed by atoms with Crippen LogP contribution in [0.3, 0.4) is 0 Å². The Morgan fingerprint density at radius 3 is 2.42 bits per heavy atom. The third kappa shape index (κ3) is 2.49. The minimum absolute atomic E-state index is 0.333. The van der Waals surface area contributed by atoms with Gasteiger partial charge in [-0.3, -0.25) is 0 Å². The van der Waals surface area contributed by atoms with E-state index in [2.05, 4.69) is 0 Å². The van der Waals surface area contributed by atoms with Crippen LogP contribution in [0.4, 0.5) is 8.78 Å². The first kappa shape index (κ1) is 8.97. The summed E-state index contributed by atoms with van der Waals surface area (Å²) in [6.07, 6.45) is 0. The largest absolute Gasteiger partial charge is 0.455 e. The number of alkyl halides is 2. The SMILES string of the molecule is CC(F)(CF)Oc1ccccc1. The molecule has 1 unspecified atom stereocenters. The van der Waals surface area contributed by atoms with Crippen LogP contribution < -0.4 is 4.74 Å². The molecule has 0 aliphatic heterocycles. The van der Waals surface area contributed by atoms with E-state index in [1.165, 1.54) is 0 Å². The van der Waals surface area contributed by atoms with E-state index in [4.69, 9.17) is 4.74 Å². The van der Waals surface area contributed by atoms with Gasteiger partial charge in [-0.1, -0.05) is 18.2 Å². The molecule has 1 atom stereocenters. The Morgan fingerprint density at radius 1 is 1.33 bits per heavy atom. The van der Waals surface area contributed by atoms with Crippen molar-refractivity contribution >= 4 is 0 Å². The molecular weight excluding hydrogens is 162 g/mol. The molecule has 0 saturated heterocycles. The van der Waals surface area contributed by atoms with Crippen LogP contribution >= 0.6 is 0 Å². The summed E-state index contributed by atoms with van der Waals surface area (Å²) in [5.41, 5.74) is 0. The molecule has 0 bridgehead atoms. The first-order chi connectivity index (χ1) is 5.64. The molecule has 12 heavy (non-hydrogen) atoms. The molecule has 0 aliphatic rings. The predicted molar refractivity (Wildman–Crippen MR) is 42.6 cm³/mol. The van der Waals surface area contributed by atoms with Gasteiger partial charge in [-0.05, 0) is 12.1 Å². The average Bonchev–Trinajstić information content (AvgIpc) is 2.06. The number of benzene rings is 1. The predicted octanol–water partition coefficient (Wildman–Crippen LogP) is 2.72. The van der Waals surface area contributed by atoms with E-state index >= 15 is 0 Å². The molecule has 1 aromatic rings. The molecule has 0 N–H and O–H groups in total. The Bertz CT molecular complexity index is 234. The third-order valence-corrected chi connectivity index (χ3v) is 1.31. The minimum Gasteiger partial charge on any atom is -0.455 e. The van der Waals surface area contributed by atoms with Crippen LogP contribution in [0.2, 0.25) is 0 Å². The normalized spacial score (nSPS) is 15.2. The van der Waals surface area contributed by atoms with E-state index in [0.29, 0.717) is 5.75 Å². The highest BCUT2D eigenvalue weighted by atomic mass is 19.2. The molecule has 3 heteroatoms. The third-order valence-electron chi connectivity index (χ3n) is 1.31. The van der Waals surface area contributed by atoms with E-state index in [0.717, 1.165) is 6.92 Å². The Morgan fingerprint density at radius 2 is 1.92 bits per heavy atom. The fraction of sp³-hybridized carbons (Fsp3) is 0.333. The lowest BCUT2D eigenvalue weighted by molar-refractivity contribution is -0.0622. The number of hydrogen-bond acceptors (Lipinski definition) is 1. The van der Waals surface area contributed by atoms with Crippen LogP contribution in [-0.2, 0) is 0 Å². The van der Waals surface area contributed by atoms with Gasteiger partial charge in [0.15, 0.2) is 6.67 Å². The first-order valence-corrected chi connectivity index (χ1v) is 3.63. The van der Waals surface area contributed by atoms with E-state index in [1.807, 2.05) is 0 Å². The van der Waals surface area contributed by atoms with Crippen LogP contribution in [0.25, 0.3) is 0 Å². The Kier molecular flexibility index (Phi) is 2.63. The van der Waals surface area contributed by atoms with Gasteiger partial charge in [0.1, 0.15) is 5.75 Å². The second kappa shape index (κ2) is 3.52. The molecule has 0 heterocycles. The summed E-state index contributed by atoms with van der Waals surface area (Å²) in [7, 11) is 0. The second-order valence-corrected chi connectivity index (χ2v) is 2.65. The molecule has 0 aliphatic carbocycles. The molecule has 0 spiro atoms.